The van der Waals surface area contributed by atoms with Crippen LogP contribution >= 0.6 is 11.8 Å². The second-order valence-electron chi connectivity index (χ2n) is 9.19. The summed E-state index contributed by atoms with van der Waals surface area (Å²) in [7, 11) is 0. The molecular weight excluding hydrogens is 354 g/mol. The molecule has 0 aliphatic rings. The number of hydrogen-bond acceptors (Lipinski definition) is 4. The molecule has 1 atom stereocenters. The Morgan fingerprint density at radius 1 is 1.11 bits per heavy atom. The van der Waals surface area contributed by atoms with Gasteiger partial charge in [-0.2, -0.15) is 0 Å². The number of aryl methyl sites for hydroxylation is 1. The fourth-order valence-electron chi connectivity index (χ4n) is 3.11. The molecule has 1 aromatic heterocycles. The van der Waals surface area contributed by atoms with E-state index in [9.17, 15) is 5.11 Å². The van der Waals surface area contributed by atoms with Crippen molar-refractivity contribution in [1.82, 2.24) is 4.98 Å². The van der Waals surface area contributed by atoms with Crippen LogP contribution in [0.25, 0.3) is 0 Å². The topological polar surface area (TPSA) is 46.3 Å². The molecule has 4 heteroatoms. The number of hydrogen-bond donors (Lipinski definition) is 1. The largest absolute Gasteiger partial charge is 0.507 e. The minimum atomic E-state index is -0.136. The molecule has 2 rings (SSSR count). The Morgan fingerprint density at radius 3 is 2.00 bits per heavy atom. The van der Waals surface area contributed by atoms with E-state index < -0.39 is 0 Å². The Labute approximate surface area is 169 Å². The lowest BCUT2D eigenvalue weighted by molar-refractivity contribution is 0.422. The number of oxazole rings is 1. The summed E-state index contributed by atoms with van der Waals surface area (Å²) in [6.07, 6.45) is 1.55. The fourth-order valence-corrected chi connectivity index (χ4v) is 4.18. The molecule has 0 aliphatic heterocycles. The Balaban J connectivity index is 2.50. The van der Waals surface area contributed by atoms with Crippen molar-refractivity contribution in [1.29, 1.82) is 0 Å². The summed E-state index contributed by atoms with van der Waals surface area (Å²) in [5.41, 5.74) is 2.62. The highest BCUT2D eigenvalue weighted by atomic mass is 32.2. The predicted molar refractivity (Wildman–Crippen MR) is 115 cm³/mol. The summed E-state index contributed by atoms with van der Waals surface area (Å²) >= 11 is 1.76. The van der Waals surface area contributed by atoms with Gasteiger partial charge in [-0.25, -0.2) is 4.98 Å². The van der Waals surface area contributed by atoms with Crippen LogP contribution in [-0.4, -0.2) is 10.1 Å². The first kappa shape index (κ1) is 21.9. The van der Waals surface area contributed by atoms with Crippen LogP contribution in [0, 0.1) is 13.8 Å². The standard InChI is InChI=1S/C23H34NO2S/c1-10-18-14(3)26-21(24-18)19(11-2)27-15-12-16(22(4,5)6)20(25)17(13-15)23(7,8)9/h12-13,19,25H,1,10-11H2,2-9H3. The first-order valence-electron chi connectivity index (χ1n) is 9.68. The summed E-state index contributed by atoms with van der Waals surface area (Å²) in [5.74, 6) is 2.04. The van der Waals surface area contributed by atoms with Gasteiger partial charge in [-0.1, -0.05) is 48.5 Å². The molecule has 1 unspecified atom stereocenters. The third kappa shape index (κ3) is 4.90. The van der Waals surface area contributed by atoms with E-state index >= 15 is 0 Å². The zero-order valence-electron chi connectivity index (χ0n) is 18.1. The molecule has 0 fully saturated rings. The molecule has 1 N–H and O–H groups in total. The first-order chi connectivity index (χ1) is 12.4. The molecule has 1 heterocycles. The van der Waals surface area contributed by atoms with E-state index in [-0.39, 0.29) is 16.1 Å². The number of aromatic nitrogens is 1. The molecule has 0 amide bonds. The highest BCUT2D eigenvalue weighted by Crippen LogP contribution is 2.45. The van der Waals surface area contributed by atoms with Gasteiger partial charge >= 0.3 is 0 Å². The van der Waals surface area contributed by atoms with Crippen molar-refractivity contribution < 1.29 is 9.52 Å². The van der Waals surface area contributed by atoms with Crippen molar-refractivity contribution in [2.45, 2.75) is 89.2 Å². The highest BCUT2D eigenvalue weighted by Gasteiger charge is 2.28. The van der Waals surface area contributed by atoms with Gasteiger partial charge < -0.3 is 9.52 Å². The van der Waals surface area contributed by atoms with Gasteiger partial charge in [0.15, 0.2) is 0 Å². The van der Waals surface area contributed by atoms with Crippen molar-refractivity contribution in [3.8, 4) is 5.75 Å². The molecular formula is C23H34NO2S. The maximum absolute atomic E-state index is 10.9. The smallest absolute Gasteiger partial charge is 0.208 e. The van der Waals surface area contributed by atoms with Crippen LogP contribution < -0.4 is 0 Å². The summed E-state index contributed by atoms with van der Waals surface area (Å²) < 4.78 is 5.93. The van der Waals surface area contributed by atoms with E-state index in [4.69, 9.17) is 4.42 Å². The number of phenolic OH excluding ortho intramolecular Hbond substituents is 1. The Kier molecular flexibility index (Phi) is 6.40. The van der Waals surface area contributed by atoms with E-state index in [0.29, 0.717) is 12.2 Å². The van der Waals surface area contributed by atoms with Crippen LogP contribution in [0.2, 0.25) is 0 Å². The third-order valence-electron chi connectivity index (χ3n) is 4.77. The van der Waals surface area contributed by atoms with E-state index in [1.165, 1.54) is 0 Å². The summed E-state index contributed by atoms with van der Waals surface area (Å²) in [5, 5.41) is 11.1. The van der Waals surface area contributed by atoms with Crippen LogP contribution in [0.15, 0.2) is 21.4 Å². The molecule has 1 radical (unpaired) electrons. The van der Waals surface area contributed by atoms with Crippen molar-refractivity contribution in [2.75, 3.05) is 0 Å². The summed E-state index contributed by atoms with van der Waals surface area (Å²) in [4.78, 5) is 5.80. The number of phenols is 1. The van der Waals surface area contributed by atoms with Crippen molar-refractivity contribution in [2.24, 2.45) is 0 Å². The maximum atomic E-state index is 10.9. The first-order valence-corrected chi connectivity index (χ1v) is 10.6. The monoisotopic (exact) mass is 388 g/mol. The molecule has 0 aliphatic carbocycles. The van der Waals surface area contributed by atoms with Crippen LogP contribution in [0.1, 0.15) is 88.6 Å². The third-order valence-corrected chi connectivity index (χ3v) is 6.10. The van der Waals surface area contributed by atoms with Gasteiger partial charge in [0, 0.05) is 16.0 Å². The van der Waals surface area contributed by atoms with Gasteiger partial charge in [0.05, 0.1) is 10.9 Å². The minimum Gasteiger partial charge on any atom is -0.507 e. The Morgan fingerprint density at radius 2 is 1.63 bits per heavy atom. The molecule has 2 aromatic rings. The van der Waals surface area contributed by atoms with Gasteiger partial charge in [0.25, 0.3) is 0 Å². The van der Waals surface area contributed by atoms with Gasteiger partial charge in [-0.15, -0.1) is 11.8 Å². The van der Waals surface area contributed by atoms with E-state index in [1.807, 2.05) is 6.92 Å². The van der Waals surface area contributed by atoms with E-state index in [2.05, 4.69) is 72.5 Å². The van der Waals surface area contributed by atoms with E-state index in [0.717, 1.165) is 39.8 Å². The molecule has 0 saturated carbocycles. The molecule has 0 bridgehead atoms. The fraction of sp³-hybridized carbons (Fsp3) is 0.565. The molecule has 3 nitrogen and oxygen atoms in total. The van der Waals surface area contributed by atoms with Crippen LogP contribution in [0.5, 0.6) is 5.75 Å². The number of nitrogens with zero attached hydrogens (tertiary/aromatic N) is 1. The summed E-state index contributed by atoms with van der Waals surface area (Å²) in [6.45, 7) is 20.9. The lowest BCUT2D eigenvalue weighted by atomic mass is 9.79. The number of benzene rings is 1. The SMILES string of the molecule is [CH2]Cc1nc(C(CC)Sc2cc(C(C)(C)C)c(O)c(C(C)(C)C)c2)oc1C. The number of rotatable bonds is 5. The average molecular weight is 389 g/mol. The molecule has 1 aromatic carbocycles. The molecule has 149 valence electrons. The summed E-state index contributed by atoms with van der Waals surface area (Å²) in [6, 6.07) is 4.24. The average Bonchev–Trinajstić information content (AvgIpc) is 2.92. The number of thioether (sulfide) groups is 1. The minimum absolute atomic E-state index is 0.133. The molecule has 0 spiro atoms. The van der Waals surface area contributed by atoms with Gasteiger partial charge in [-0.3, -0.25) is 0 Å². The normalized spacial score (nSPS) is 13.8. The number of aromatic hydroxyl groups is 1. The van der Waals surface area contributed by atoms with Crippen LogP contribution in [-0.2, 0) is 17.3 Å². The van der Waals surface area contributed by atoms with Gasteiger partial charge in [-0.05, 0) is 49.7 Å². The van der Waals surface area contributed by atoms with Crippen LogP contribution in [0.3, 0.4) is 0 Å². The zero-order valence-corrected chi connectivity index (χ0v) is 18.9. The lowest BCUT2D eigenvalue weighted by Crippen LogP contribution is -2.17. The van der Waals surface area contributed by atoms with Crippen molar-refractivity contribution in [3.63, 3.8) is 0 Å². The lowest BCUT2D eigenvalue weighted by Gasteiger charge is -2.28. The Bertz CT molecular complexity index is 759. The predicted octanol–water partition coefficient (Wildman–Crippen LogP) is 6.90. The van der Waals surface area contributed by atoms with Gasteiger partial charge in [0.1, 0.15) is 11.5 Å². The highest BCUT2D eigenvalue weighted by molar-refractivity contribution is 7.99. The van der Waals surface area contributed by atoms with Crippen molar-refractivity contribution in [3.05, 3.63) is 47.5 Å². The second-order valence-corrected chi connectivity index (χ2v) is 10.5. The van der Waals surface area contributed by atoms with Gasteiger partial charge in [0.2, 0.25) is 5.89 Å². The maximum Gasteiger partial charge on any atom is 0.208 e. The Hall–Kier alpha value is -1.42. The molecule has 27 heavy (non-hydrogen) atoms. The second kappa shape index (κ2) is 7.90. The van der Waals surface area contributed by atoms with E-state index in [1.54, 1.807) is 11.8 Å². The molecule has 0 saturated heterocycles. The zero-order chi connectivity index (χ0) is 20.6. The quantitative estimate of drug-likeness (QED) is 0.566. The van der Waals surface area contributed by atoms with Crippen LogP contribution in [0.4, 0.5) is 0 Å². The van der Waals surface area contributed by atoms with Crippen molar-refractivity contribution >= 4 is 11.8 Å².